The van der Waals surface area contributed by atoms with Crippen LogP contribution >= 0.6 is 11.6 Å². The number of benzene rings is 2. The maximum absolute atomic E-state index is 12.5. The second-order valence-corrected chi connectivity index (χ2v) is 9.49. The molecule has 1 amide bonds. The van der Waals surface area contributed by atoms with E-state index in [-0.39, 0.29) is 5.91 Å². The van der Waals surface area contributed by atoms with Crippen LogP contribution in [-0.4, -0.2) is 62.2 Å². The number of rotatable bonds is 8. The summed E-state index contributed by atoms with van der Waals surface area (Å²) in [6.45, 7) is 2.11. The molecule has 1 aliphatic rings. The highest BCUT2D eigenvalue weighted by Crippen LogP contribution is 2.25. The molecule has 156 valence electrons. The molecule has 3 rings (SSSR count). The van der Waals surface area contributed by atoms with Gasteiger partial charge in [0.25, 0.3) is 5.91 Å². The molecule has 0 saturated heterocycles. The zero-order valence-corrected chi connectivity index (χ0v) is 17.9. The number of carbonyl (C=O) groups is 1. The van der Waals surface area contributed by atoms with Crippen molar-refractivity contribution in [1.82, 2.24) is 9.80 Å². The average molecular weight is 438 g/mol. The normalized spacial score (nSPS) is 14.9. The Morgan fingerprint density at radius 1 is 1.24 bits per heavy atom. The van der Waals surface area contributed by atoms with Gasteiger partial charge >= 0.3 is 0 Å². The van der Waals surface area contributed by atoms with Crippen LogP contribution in [0, 0.1) is 0 Å². The number of fused-ring (bicyclic) bond motifs is 1. The Morgan fingerprint density at radius 2 is 1.93 bits per heavy atom. The number of likely N-dealkylation sites (N-methyl/N-ethyl adjacent to an activating group) is 1. The highest BCUT2D eigenvalue weighted by molar-refractivity contribution is 7.92. The standard InChI is InChI=1S/C20H24ClN3O4S/c1-23(9-10-24-12-15-3-6-16(21)11-18(15)20(24)26)13-19(25)14-4-7-17(8-5-14)22-29(2,27)28/h3-8,11,19,22,25H,9-10,12-13H2,1-2H3. The Labute approximate surface area is 175 Å². The molecule has 1 atom stereocenters. The van der Waals surface area contributed by atoms with Crippen molar-refractivity contribution in [3.63, 3.8) is 0 Å². The van der Waals surface area contributed by atoms with Crippen LogP contribution in [0.3, 0.4) is 0 Å². The van der Waals surface area contributed by atoms with Crippen LogP contribution in [0.2, 0.25) is 5.02 Å². The van der Waals surface area contributed by atoms with Gasteiger partial charge in [-0.25, -0.2) is 8.42 Å². The summed E-state index contributed by atoms with van der Waals surface area (Å²) in [5, 5.41) is 11.0. The topological polar surface area (TPSA) is 89.9 Å². The van der Waals surface area contributed by atoms with Gasteiger partial charge in [0.1, 0.15) is 0 Å². The monoisotopic (exact) mass is 437 g/mol. The molecule has 1 heterocycles. The first-order valence-electron chi connectivity index (χ1n) is 9.14. The first-order valence-corrected chi connectivity index (χ1v) is 11.4. The van der Waals surface area contributed by atoms with Gasteiger partial charge < -0.3 is 14.9 Å². The molecule has 1 aliphatic heterocycles. The van der Waals surface area contributed by atoms with Crippen molar-refractivity contribution in [1.29, 1.82) is 0 Å². The minimum atomic E-state index is -3.33. The minimum absolute atomic E-state index is 0.0228. The van der Waals surface area contributed by atoms with Crippen molar-refractivity contribution in [3.05, 3.63) is 64.2 Å². The number of aliphatic hydroxyl groups excluding tert-OH is 1. The van der Waals surface area contributed by atoms with Gasteiger partial charge in [-0.2, -0.15) is 0 Å². The average Bonchev–Trinajstić information content (AvgIpc) is 2.95. The molecule has 0 bridgehead atoms. The van der Waals surface area contributed by atoms with Crippen LogP contribution in [0.1, 0.15) is 27.6 Å². The molecule has 2 aromatic rings. The van der Waals surface area contributed by atoms with Crippen molar-refractivity contribution < 1.29 is 18.3 Å². The molecule has 0 aromatic heterocycles. The van der Waals surface area contributed by atoms with Crippen LogP contribution in [0.4, 0.5) is 5.69 Å². The summed E-state index contributed by atoms with van der Waals surface area (Å²) in [4.78, 5) is 16.2. The Morgan fingerprint density at radius 3 is 2.59 bits per heavy atom. The fourth-order valence-electron chi connectivity index (χ4n) is 3.28. The predicted octanol–water partition coefficient (Wildman–Crippen LogP) is 2.33. The van der Waals surface area contributed by atoms with Gasteiger partial charge in [0.05, 0.1) is 12.4 Å². The van der Waals surface area contributed by atoms with Crippen molar-refractivity contribution >= 4 is 33.2 Å². The summed E-state index contributed by atoms with van der Waals surface area (Å²) in [6, 6.07) is 12.0. The Kier molecular flexibility index (Phi) is 6.48. The number of sulfonamides is 1. The number of anilines is 1. The van der Waals surface area contributed by atoms with E-state index in [0.29, 0.717) is 48.0 Å². The molecule has 0 saturated carbocycles. The third-order valence-corrected chi connectivity index (χ3v) is 5.63. The summed E-state index contributed by atoms with van der Waals surface area (Å²) < 4.78 is 24.9. The van der Waals surface area contributed by atoms with E-state index in [1.165, 1.54) is 0 Å². The van der Waals surface area contributed by atoms with Gasteiger partial charge in [-0.05, 0) is 42.4 Å². The Hall–Kier alpha value is -2.13. The van der Waals surface area contributed by atoms with Gasteiger partial charge in [-0.15, -0.1) is 0 Å². The number of aliphatic hydroxyl groups is 1. The highest BCUT2D eigenvalue weighted by atomic mass is 35.5. The van der Waals surface area contributed by atoms with Crippen LogP contribution in [0.5, 0.6) is 0 Å². The van der Waals surface area contributed by atoms with E-state index < -0.39 is 16.1 Å². The molecule has 9 heteroatoms. The van der Waals surface area contributed by atoms with Gasteiger partial charge in [-0.1, -0.05) is 29.8 Å². The SMILES string of the molecule is CN(CCN1Cc2ccc(Cl)cc2C1=O)CC(O)c1ccc(NS(C)(=O)=O)cc1. The number of nitrogens with one attached hydrogen (secondary N) is 1. The minimum Gasteiger partial charge on any atom is -0.387 e. The zero-order chi connectivity index (χ0) is 21.2. The number of nitrogens with zero attached hydrogens (tertiary/aromatic N) is 2. The van der Waals surface area contributed by atoms with E-state index in [9.17, 15) is 18.3 Å². The largest absolute Gasteiger partial charge is 0.387 e. The van der Waals surface area contributed by atoms with Crippen LogP contribution in [-0.2, 0) is 16.6 Å². The van der Waals surface area contributed by atoms with Gasteiger partial charge in [0.2, 0.25) is 10.0 Å². The molecule has 1 unspecified atom stereocenters. The quantitative estimate of drug-likeness (QED) is 0.661. The van der Waals surface area contributed by atoms with Crippen LogP contribution in [0.25, 0.3) is 0 Å². The summed E-state index contributed by atoms with van der Waals surface area (Å²) in [7, 11) is -1.45. The lowest BCUT2D eigenvalue weighted by molar-refractivity contribution is 0.0744. The predicted molar refractivity (Wildman–Crippen MR) is 114 cm³/mol. The maximum atomic E-state index is 12.5. The Bertz CT molecular complexity index is 995. The molecule has 0 aliphatic carbocycles. The summed E-state index contributed by atoms with van der Waals surface area (Å²) in [6.07, 6.45) is 0.362. The smallest absolute Gasteiger partial charge is 0.254 e. The molecular formula is C20H24ClN3O4S. The van der Waals surface area contributed by atoms with E-state index in [4.69, 9.17) is 11.6 Å². The molecule has 7 nitrogen and oxygen atoms in total. The second-order valence-electron chi connectivity index (χ2n) is 7.30. The van der Waals surface area contributed by atoms with Gasteiger partial charge in [0, 0.05) is 42.5 Å². The van der Waals surface area contributed by atoms with Crippen molar-refractivity contribution in [3.8, 4) is 0 Å². The third-order valence-electron chi connectivity index (χ3n) is 4.79. The van der Waals surface area contributed by atoms with E-state index in [1.54, 1.807) is 41.3 Å². The molecular weight excluding hydrogens is 414 g/mol. The lowest BCUT2D eigenvalue weighted by Crippen LogP contribution is -2.35. The van der Waals surface area contributed by atoms with Crippen molar-refractivity contribution in [2.45, 2.75) is 12.6 Å². The van der Waals surface area contributed by atoms with Gasteiger partial charge in [-0.3, -0.25) is 9.52 Å². The first kappa shape index (κ1) is 21.6. The van der Waals surface area contributed by atoms with Gasteiger partial charge in [0.15, 0.2) is 0 Å². The highest BCUT2D eigenvalue weighted by Gasteiger charge is 2.27. The molecule has 0 radical (unpaired) electrons. The van der Waals surface area contributed by atoms with E-state index in [1.807, 2.05) is 18.0 Å². The number of amides is 1. The number of hydrogen-bond donors (Lipinski definition) is 2. The summed E-state index contributed by atoms with van der Waals surface area (Å²) in [5.74, 6) is -0.0228. The third kappa shape index (κ3) is 5.70. The molecule has 2 N–H and O–H groups in total. The lowest BCUT2D eigenvalue weighted by atomic mass is 10.1. The molecule has 0 spiro atoms. The summed E-state index contributed by atoms with van der Waals surface area (Å²) in [5.41, 5.74) is 2.77. The molecule has 0 fully saturated rings. The van der Waals surface area contributed by atoms with E-state index >= 15 is 0 Å². The fourth-order valence-corrected chi connectivity index (χ4v) is 4.02. The van der Waals surface area contributed by atoms with Crippen LogP contribution in [0.15, 0.2) is 42.5 Å². The zero-order valence-electron chi connectivity index (χ0n) is 16.3. The second kappa shape index (κ2) is 8.71. The lowest BCUT2D eigenvalue weighted by Gasteiger charge is -2.24. The van der Waals surface area contributed by atoms with E-state index in [2.05, 4.69) is 4.72 Å². The maximum Gasteiger partial charge on any atom is 0.254 e. The van der Waals surface area contributed by atoms with Crippen molar-refractivity contribution in [2.75, 3.05) is 37.7 Å². The summed E-state index contributed by atoms with van der Waals surface area (Å²) >= 11 is 5.98. The van der Waals surface area contributed by atoms with E-state index in [0.717, 1.165) is 11.8 Å². The number of hydrogen-bond acceptors (Lipinski definition) is 5. The molecule has 2 aromatic carbocycles. The van der Waals surface area contributed by atoms with Crippen LogP contribution < -0.4 is 4.72 Å². The molecule has 29 heavy (non-hydrogen) atoms. The van der Waals surface area contributed by atoms with Crippen molar-refractivity contribution in [2.24, 2.45) is 0 Å². The first-order chi connectivity index (χ1) is 13.6. The number of halogens is 1. The Balaban J connectivity index is 1.51. The fraction of sp³-hybridized carbons (Fsp3) is 0.350. The number of carbonyl (C=O) groups excluding carboxylic acids is 1.